The first-order valence-corrected chi connectivity index (χ1v) is 5.88. The van der Waals surface area contributed by atoms with Crippen molar-refractivity contribution in [2.45, 2.75) is 25.7 Å². The minimum Gasteiger partial charge on any atom is -0.508 e. The van der Waals surface area contributed by atoms with Gasteiger partial charge in [0.2, 0.25) is 0 Å². The van der Waals surface area contributed by atoms with Crippen molar-refractivity contribution in [3.8, 4) is 0 Å². The van der Waals surface area contributed by atoms with Gasteiger partial charge >= 0.3 is 0 Å². The first-order valence-electron chi connectivity index (χ1n) is 5.11. The third-order valence-electron chi connectivity index (χ3n) is 2.73. The van der Waals surface area contributed by atoms with E-state index < -0.39 is 0 Å². The second-order valence-electron chi connectivity index (χ2n) is 3.75. The average molecular weight is 222 g/mol. The summed E-state index contributed by atoms with van der Waals surface area (Å²) in [5, 5.41) is 9.41. The molecule has 3 heteroatoms. The highest BCUT2D eigenvalue weighted by molar-refractivity contribution is 7.97. The molecule has 15 heavy (non-hydrogen) atoms. The van der Waals surface area contributed by atoms with Crippen LogP contribution in [-0.2, 0) is 0 Å². The lowest BCUT2D eigenvalue weighted by atomic mass is 9.91. The highest BCUT2D eigenvalue weighted by atomic mass is 32.2. The molecule has 0 saturated carbocycles. The van der Waals surface area contributed by atoms with Crippen molar-refractivity contribution in [2.75, 3.05) is 0 Å². The number of rotatable bonds is 2. The quantitative estimate of drug-likeness (QED) is 0.695. The van der Waals surface area contributed by atoms with E-state index >= 15 is 0 Å². The van der Waals surface area contributed by atoms with Crippen molar-refractivity contribution in [1.29, 1.82) is 0 Å². The predicted octanol–water partition coefficient (Wildman–Crippen LogP) is 3.96. The Morgan fingerprint density at radius 2 is 1.93 bits per heavy atom. The fourth-order valence-corrected chi connectivity index (χ4v) is 2.22. The van der Waals surface area contributed by atoms with Gasteiger partial charge in [0, 0.05) is 16.9 Å². The monoisotopic (exact) mass is 222 g/mol. The smallest absolute Gasteiger partial charge is 0.111 e. The van der Waals surface area contributed by atoms with Gasteiger partial charge in [-0.25, -0.2) is 0 Å². The number of aliphatic hydroxyl groups is 1. The molecule has 0 heterocycles. The summed E-state index contributed by atoms with van der Waals surface area (Å²) in [5.74, 6) is 0.378. The van der Waals surface area contributed by atoms with E-state index in [4.69, 9.17) is 4.55 Å². The Kier molecular flexibility index (Phi) is 3.34. The maximum absolute atomic E-state index is 9.41. The van der Waals surface area contributed by atoms with Gasteiger partial charge in [0.25, 0.3) is 0 Å². The zero-order chi connectivity index (χ0) is 10.7. The van der Waals surface area contributed by atoms with Crippen molar-refractivity contribution in [3.05, 3.63) is 46.1 Å². The summed E-state index contributed by atoms with van der Waals surface area (Å²) in [6, 6.07) is 0. The van der Waals surface area contributed by atoms with Crippen LogP contribution in [0.2, 0.25) is 0 Å². The van der Waals surface area contributed by atoms with Gasteiger partial charge in [-0.3, -0.25) is 0 Å². The fourth-order valence-electron chi connectivity index (χ4n) is 1.90. The third kappa shape index (κ3) is 2.55. The maximum atomic E-state index is 9.41. The van der Waals surface area contributed by atoms with Crippen LogP contribution in [0.4, 0.5) is 0 Å². The van der Waals surface area contributed by atoms with Gasteiger partial charge in [0.15, 0.2) is 0 Å². The SMILES string of the molecule is OSC1=CC=C(C2=CC(O)=CCC2)CC1. The molecule has 0 aliphatic heterocycles. The largest absolute Gasteiger partial charge is 0.508 e. The summed E-state index contributed by atoms with van der Waals surface area (Å²) < 4.78 is 8.89. The molecule has 0 aromatic heterocycles. The molecule has 0 unspecified atom stereocenters. The van der Waals surface area contributed by atoms with E-state index in [1.54, 1.807) is 0 Å². The van der Waals surface area contributed by atoms with Crippen LogP contribution in [0.3, 0.4) is 0 Å². The highest BCUT2D eigenvalue weighted by Crippen LogP contribution is 2.32. The van der Waals surface area contributed by atoms with Crippen LogP contribution in [0.1, 0.15) is 25.7 Å². The average Bonchev–Trinajstić information content (AvgIpc) is 2.29. The van der Waals surface area contributed by atoms with Crippen molar-refractivity contribution < 1.29 is 9.66 Å². The number of hydrogen-bond acceptors (Lipinski definition) is 3. The van der Waals surface area contributed by atoms with E-state index in [0.29, 0.717) is 5.76 Å². The van der Waals surface area contributed by atoms with Crippen molar-refractivity contribution in [3.63, 3.8) is 0 Å². The van der Waals surface area contributed by atoms with Gasteiger partial charge in [-0.1, -0.05) is 12.2 Å². The van der Waals surface area contributed by atoms with Crippen molar-refractivity contribution >= 4 is 12.0 Å². The van der Waals surface area contributed by atoms with Crippen LogP contribution >= 0.6 is 12.0 Å². The molecule has 0 aromatic carbocycles. The zero-order valence-corrected chi connectivity index (χ0v) is 9.26. The molecule has 0 aromatic rings. The van der Waals surface area contributed by atoms with Gasteiger partial charge < -0.3 is 9.66 Å². The molecule has 0 amide bonds. The molecular formula is C12H14O2S. The van der Waals surface area contributed by atoms with Crippen LogP contribution in [0.25, 0.3) is 0 Å². The number of aliphatic hydroxyl groups excluding tert-OH is 1. The molecule has 0 radical (unpaired) electrons. The predicted molar refractivity (Wildman–Crippen MR) is 63.6 cm³/mol. The zero-order valence-electron chi connectivity index (χ0n) is 8.44. The molecule has 2 N–H and O–H groups in total. The lowest BCUT2D eigenvalue weighted by molar-refractivity contribution is 0.425. The first kappa shape index (κ1) is 10.6. The van der Waals surface area contributed by atoms with E-state index in [2.05, 4.69) is 0 Å². The summed E-state index contributed by atoms with van der Waals surface area (Å²) in [5.41, 5.74) is 2.51. The van der Waals surface area contributed by atoms with Crippen molar-refractivity contribution in [2.24, 2.45) is 0 Å². The van der Waals surface area contributed by atoms with Crippen molar-refractivity contribution in [1.82, 2.24) is 0 Å². The summed E-state index contributed by atoms with van der Waals surface area (Å²) in [7, 11) is 0. The second-order valence-corrected chi connectivity index (χ2v) is 4.46. The minimum atomic E-state index is 0.378. The molecule has 2 aliphatic rings. The molecule has 2 aliphatic carbocycles. The number of allylic oxidation sites excluding steroid dienone is 7. The minimum absolute atomic E-state index is 0.378. The lowest BCUT2D eigenvalue weighted by Crippen LogP contribution is -1.99. The summed E-state index contributed by atoms with van der Waals surface area (Å²) in [6.45, 7) is 0. The van der Waals surface area contributed by atoms with E-state index in [9.17, 15) is 5.11 Å². The Hall–Kier alpha value is -0.930. The van der Waals surface area contributed by atoms with E-state index in [1.165, 1.54) is 11.1 Å². The molecule has 0 fully saturated rings. The summed E-state index contributed by atoms with van der Waals surface area (Å²) in [6.07, 6.45) is 11.5. The maximum Gasteiger partial charge on any atom is 0.111 e. The summed E-state index contributed by atoms with van der Waals surface area (Å²) in [4.78, 5) is 1.01. The van der Waals surface area contributed by atoms with Crippen LogP contribution in [0, 0.1) is 0 Å². The van der Waals surface area contributed by atoms with Gasteiger partial charge in [-0.15, -0.1) is 0 Å². The Labute approximate surface area is 93.9 Å². The summed E-state index contributed by atoms with van der Waals surface area (Å²) >= 11 is 0.831. The van der Waals surface area contributed by atoms with Crippen LogP contribution in [0.15, 0.2) is 46.1 Å². The highest BCUT2D eigenvalue weighted by Gasteiger charge is 2.12. The third-order valence-corrected chi connectivity index (χ3v) is 3.30. The normalized spacial score (nSPS) is 21.4. The van der Waals surface area contributed by atoms with Gasteiger partial charge in [0.05, 0.1) is 0 Å². The molecule has 0 spiro atoms. The van der Waals surface area contributed by atoms with Gasteiger partial charge in [-0.2, -0.15) is 0 Å². The molecule has 2 nitrogen and oxygen atoms in total. The standard InChI is InChI=1S/C12H14O2S/c13-11-3-1-2-10(8-11)9-4-6-12(15-14)7-5-9/h3-4,6,8,13-14H,1-2,5,7H2. The first-order chi connectivity index (χ1) is 7.29. The Balaban J connectivity index is 2.16. The molecular weight excluding hydrogens is 208 g/mol. The Morgan fingerprint density at radius 1 is 1.07 bits per heavy atom. The molecule has 0 saturated heterocycles. The Bertz CT molecular complexity index is 375. The van der Waals surface area contributed by atoms with Crippen LogP contribution < -0.4 is 0 Å². The second kappa shape index (κ2) is 4.73. The molecule has 0 bridgehead atoms. The van der Waals surface area contributed by atoms with Crippen LogP contribution in [-0.4, -0.2) is 9.66 Å². The molecule has 0 atom stereocenters. The Morgan fingerprint density at radius 3 is 2.53 bits per heavy atom. The van der Waals surface area contributed by atoms with E-state index in [0.717, 1.165) is 42.6 Å². The lowest BCUT2D eigenvalue weighted by Gasteiger charge is -2.17. The van der Waals surface area contributed by atoms with Crippen LogP contribution in [0.5, 0.6) is 0 Å². The molecule has 2 rings (SSSR count). The molecule has 80 valence electrons. The topological polar surface area (TPSA) is 40.5 Å². The van der Waals surface area contributed by atoms with E-state index in [1.807, 2.05) is 24.3 Å². The van der Waals surface area contributed by atoms with E-state index in [-0.39, 0.29) is 0 Å². The fraction of sp³-hybridized carbons (Fsp3) is 0.333. The van der Waals surface area contributed by atoms with Gasteiger partial charge in [0.1, 0.15) is 5.76 Å². The van der Waals surface area contributed by atoms with Gasteiger partial charge in [-0.05, 0) is 49.0 Å². The number of hydrogen-bond donors (Lipinski definition) is 2.